The molecule has 1 saturated heterocycles. The number of carbonyl (C=O) groups excluding carboxylic acids is 1. The van der Waals surface area contributed by atoms with Crippen molar-refractivity contribution in [3.8, 4) is 0 Å². The van der Waals surface area contributed by atoms with Gasteiger partial charge in [-0.15, -0.1) is 11.3 Å². The molecule has 0 radical (unpaired) electrons. The van der Waals surface area contributed by atoms with Crippen LogP contribution in [0.2, 0.25) is 0 Å². The lowest BCUT2D eigenvalue weighted by molar-refractivity contribution is -0.135. The van der Waals surface area contributed by atoms with Gasteiger partial charge in [-0.2, -0.15) is 0 Å². The summed E-state index contributed by atoms with van der Waals surface area (Å²) in [5.74, 6) is 0.478. The molecule has 0 aromatic carbocycles. The van der Waals surface area contributed by atoms with E-state index in [0.717, 1.165) is 56.3 Å². The van der Waals surface area contributed by atoms with E-state index in [1.807, 2.05) is 11.8 Å². The van der Waals surface area contributed by atoms with E-state index in [2.05, 4.69) is 15.3 Å². The monoisotopic (exact) mass is 294 g/mol. The Bertz CT molecular complexity index is 481. The van der Waals surface area contributed by atoms with Crippen molar-refractivity contribution >= 4 is 22.4 Å². The van der Waals surface area contributed by atoms with Crippen LogP contribution in [0.15, 0.2) is 5.38 Å². The van der Waals surface area contributed by atoms with Gasteiger partial charge in [0.25, 0.3) is 0 Å². The second-order valence-corrected chi connectivity index (χ2v) is 6.69. The number of amides is 1. The van der Waals surface area contributed by atoms with E-state index in [0.29, 0.717) is 5.91 Å². The highest BCUT2D eigenvalue weighted by Crippen LogP contribution is 2.27. The third-order valence-corrected chi connectivity index (χ3v) is 5.31. The summed E-state index contributed by atoms with van der Waals surface area (Å²) in [6.07, 6.45) is 2.82. The summed E-state index contributed by atoms with van der Waals surface area (Å²) in [4.78, 5) is 21.2. The average Bonchev–Trinajstić information content (AvgIpc) is 3.07. The molecule has 1 saturated carbocycles. The van der Waals surface area contributed by atoms with Crippen LogP contribution in [-0.2, 0) is 4.79 Å². The Labute approximate surface area is 123 Å². The Balaban J connectivity index is 1.54. The molecule has 2 unspecified atom stereocenters. The lowest BCUT2D eigenvalue weighted by atomic mass is 10.1. The van der Waals surface area contributed by atoms with Crippen LogP contribution in [0.1, 0.15) is 25.0 Å². The molecule has 1 aromatic heterocycles. The molecule has 1 aromatic rings. The van der Waals surface area contributed by atoms with Gasteiger partial charge in [-0.1, -0.05) is 0 Å². The van der Waals surface area contributed by atoms with Crippen molar-refractivity contribution in [3.63, 3.8) is 0 Å². The van der Waals surface area contributed by atoms with Crippen molar-refractivity contribution in [1.29, 1.82) is 0 Å². The average molecular weight is 294 g/mol. The van der Waals surface area contributed by atoms with Crippen LogP contribution in [-0.4, -0.2) is 48.0 Å². The van der Waals surface area contributed by atoms with Gasteiger partial charge in [0.1, 0.15) is 0 Å². The highest BCUT2D eigenvalue weighted by atomic mass is 32.1. The van der Waals surface area contributed by atoms with Gasteiger partial charge in [0, 0.05) is 43.5 Å². The molecule has 2 N–H and O–H groups in total. The first-order valence-corrected chi connectivity index (χ1v) is 8.23. The number of hydrogen-bond donors (Lipinski definition) is 1. The molecule has 2 atom stereocenters. The number of thiazole rings is 1. The molecule has 2 aliphatic rings. The molecule has 2 heterocycles. The summed E-state index contributed by atoms with van der Waals surface area (Å²) in [5, 5.41) is 3.16. The second-order valence-electron chi connectivity index (χ2n) is 5.85. The molecule has 5 nitrogen and oxygen atoms in total. The molecule has 0 bridgehead atoms. The largest absolute Gasteiger partial charge is 0.345 e. The molecule has 20 heavy (non-hydrogen) atoms. The Morgan fingerprint density at radius 2 is 2.10 bits per heavy atom. The predicted molar refractivity (Wildman–Crippen MR) is 81.0 cm³/mol. The molecule has 2 fully saturated rings. The van der Waals surface area contributed by atoms with E-state index in [4.69, 9.17) is 5.73 Å². The van der Waals surface area contributed by atoms with Crippen LogP contribution in [0.3, 0.4) is 0 Å². The maximum Gasteiger partial charge on any atom is 0.225 e. The molecule has 1 aliphatic heterocycles. The van der Waals surface area contributed by atoms with Crippen molar-refractivity contribution in [2.24, 2.45) is 11.7 Å². The van der Waals surface area contributed by atoms with E-state index < -0.39 is 0 Å². The number of carbonyl (C=O) groups is 1. The minimum absolute atomic E-state index is 0.165. The predicted octanol–water partition coefficient (Wildman–Crippen LogP) is 1.23. The molecular formula is C14H22N4OS. The summed E-state index contributed by atoms with van der Waals surface area (Å²) in [6.45, 7) is 5.41. The number of nitrogens with two attached hydrogens (primary N) is 1. The molecule has 6 heteroatoms. The fraction of sp³-hybridized carbons (Fsp3) is 0.714. The number of hydrogen-bond acceptors (Lipinski definition) is 5. The van der Waals surface area contributed by atoms with Gasteiger partial charge in [-0.3, -0.25) is 4.79 Å². The van der Waals surface area contributed by atoms with Gasteiger partial charge >= 0.3 is 0 Å². The first kappa shape index (κ1) is 13.8. The Kier molecular flexibility index (Phi) is 3.94. The quantitative estimate of drug-likeness (QED) is 0.891. The highest BCUT2D eigenvalue weighted by molar-refractivity contribution is 7.13. The molecule has 3 rings (SSSR count). The minimum Gasteiger partial charge on any atom is -0.345 e. The molecule has 110 valence electrons. The normalized spacial score (nSPS) is 27.1. The Hall–Kier alpha value is -1.14. The fourth-order valence-corrected chi connectivity index (χ4v) is 3.96. The van der Waals surface area contributed by atoms with Crippen LogP contribution < -0.4 is 10.6 Å². The zero-order valence-electron chi connectivity index (χ0n) is 11.9. The van der Waals surface area contributed by atoms with Crippen molar-refractivity contribution in [1.82, 2.24) is 9.88 Å². The lowest BCUT2D eigenvalue weighted by Crippen LogP contribution is -2.50. The van der Waals surface area contributed by atoms with Crippen LogP contribution in [0.25, 0.3) is 0 Å². The van der Waals surface area contributed by atoms with Crippen molar-refractivity contribution in [3.05, 3.63) is 11.1 Å². The highest BCUT2D eigenvalue weighted by Gasteiger charge is 2.32. The van der Waals surface area contributed by atoms with E-state index >= 15 is 0 Å². The van der Waals surface area contributed by atoms with Crippen LogP contribution in [0.5, 0.6) is 0 Å². The molecular weight excluding hydrogens is 272 g/mol. The van der Waals surface area contributed by atoms with E-state index in [1.165, 1.54) is 0 Å². The van der Waals surface area contributed by atoms with Gasteiger partial charge < -0.3 is 15.5 Å². The van der Waals surface area contributed by atoms with Gasteiger partial charge in [0.05, 0.1) is 5.69 Å². The number of aromatic nitrogens is 1. The van der Waals surface area contributed by atoms with Gasteiger partial charge in [0.15, 0.2) is 5.13 Å². The summed E-state index contributed by atoms with van der Waals surface area (Å²) in [5.41, 5.74) is 6.98. The number of piperazine rings is 1. The topological polar surface area (TPSA) is 62.5 Å². The number of aryl methyl sites for hydroxylation is 1. The molecule has 0 spiro atoms. The van der Waals surface area contributed by atoms with Crippen molar-refractivity contribution in [2.45, 2.75) is 32.2 Å². The van der Waals surface area contributed by atoms with Crippen molar-refractivity contribution < 1.29 is 4.79 Å². The first-order valence-electron chi connectivity index (χ1n) is 7.35. The standard InChI is InChI=1S/C14H22N4OS/c1-10-9-20-14(16-10)18-6-4-17(5-7-18)13(19)11-2-3-12(15)8-11/h9,11-12H,2-8,15H2,1H3. The third-order valence-electron chi connectivity index (χ3n) is 4.29. The van der Waals surface area contributed by atoms with Crippen LogP contribution >= 0.6 is 11.3 Å². The molecule has 1 amide bonds. The Morgan fingerprint density at radius 1 is 1.35 bits per heavy atom. The van der Waals surface area contributed by atoms with E-state index in [9.17, 15) is 4.79 Å². The van der Waals surface area contributed by atoms with Crippen LogP contribution in [0.4, 0.5) is 5.13 Å². The second kappa shape index (κ2) is 5.69. The summed E-state index contributed by atoms with van der Waals surface area (Å²) in [7, 11) is 0. The minimum atomic E-state index is 0.165. The molecule has 1 aliphatic carbocycles. The fourth-order valence-electron chi connectivity index (χ4n) is 3.10. The lowest BCUT2D eigenvalue weighted by Gasteiger charge is -2.35. The first-order chi connectivity index (χ1) is 9.63. The van der Waals surface area contributed by atoms with Gasteiger partial charge in [-0.25, -0.2) is 4.98 Å². The Morgan fingerprint density at radius 3 is 2.65 bits per heavy atom. The maximum atomic E-state index is 12.4. The third kappa shape index (κ3) is 2.81. The van der Waals surface area contributed by atoms with Crippen molar-refractivity contribution in [2.75, 3.05) is 31.1 Å². The van der Waals surface area contributed by atoms with E-state index in [1.54, 1.807) is 11.3 Å². The number of nitrogens with zero attached hydrogens (tertiary/aromatic N) is 3. The SMILES string of the molecule is Cc1csc(N2CCN(C(=O)C3CCC(N)C3)CC2)n1. The maximum absolute atomic E-state index is 12.4. The smallest absolute Gasteiger partial charge is 0.225 e. The van der Waals surface area contributed by atoms with E-state index in [-0.39, 0.29) is 12.0 Å². The summed E-state index contributed by atoms with van der Waals surface area (Å²) >= 11 is 1.69. The summed E-state index contributed by atoms with van der Waals surface area (Å²) in [6, 6.07) is 0.225. The van der Waals surface area contributed by atoms with Crippen LogP contribution in [0, 0.1) is 12.8 Å². The number of rotatable bonds is 2. The summed E-state index contributed by atoms with van der Waals surface area (Å²) < 4.78 is 0. The number of anilines is 1. The van der Waals surface area contributed by atoms with Gasteiger partial charge in [-0.05, 0) is 26.2 Å². The zero-order valence-corrected chi connectivity index (χ0v) is 12.7. The zero-order chi connectivity index (χ0) is 14.1. The van der Waals surface area contributed by atoms with Gasteiger partial charge in [0.2, 0.25) is 5.91 Å².